The van der Waals surface area contributed by atoms with Crippen molar-refractivity contribution in [1.29, 1.82) is 0 Å². The quantitative estimate of drug-likeness (QED) is 0.880. The molecule has 0 saturated carbocycles. The molecule has 4 nitrogen and oxygen atoms in total. The monoisotopic (exact) mass is 232 g/mol. The van der Waals surface area contributed by atoms with E-state index in [0.29, 0.717) is 6.54 Å². The first kappa shape index (κ1) is 11.7. The molecule has 2 N–H and O–H groups in total. The van der Waals surface area contributed by atoms with Gasteiger partial charge in [0.15, 0.2) is 11.9 Å². The van der Waals surface area contributed by atoms with Crippen LogP contribution in [0.15, 0.2) is 34.9 Å². The maximum absolute atomic E-state index is 5.74. The maximum Gasteiger partial charge on any atom is 0.177 e. The predicted octanol–water partition coefficient (Wildman–Crippen LogP) is 2.58. The van der Waals surface area contributed by atoms with Crippen molar-refractivity contribution in [2.24, 2.45) is 5.73 Å². The molecule has 1 heterocycles. The summed E-state index contributed by atoms with van der Waals surface area (Å²) in [6.07, 6.45) is -0.153. The first-order chi connectivity index (χ1) is 8.19. The fraction of sp³-hybridized carbons (Fsp3) is 0.308. The number of ether oxygens (including phenoxy) is 1. The summed E-state index contributed by atoms with van der Waals surface area (Å²) in [4.78, 5) is 0. The van der Waals surface area contributed by atoms with Crippen molar-refractivity contribution >= 4 is 0 Å². The van der Waals surface area contributed by atoms with Crippen LogP contribution in [0.4, 0.5) is 0 Å². The second kappa shape index (κ2) is 5.01. The summed E-state index contributed by atoms with van der Waals surface area (Å²) in [5, 5.41) is 3.84. The Balaban J connectivity index is 2.04. The van der Waals surface area contributed by atoms with Crippen LogP contribution in [-0.4, -0.2) is 5.16 Å². The molecule has 0 aliphatic heterocycles. The van der Waals surface area contributed by atoms with Crippen LogP contribution >= 0.6 is 0 Å². The summed E-state index contributed by atoms with van der Waals surface area (Å²) >= 11 is 0. The van der Waals surface area contributed by atoms with Gasteiger partial charge in [-0.1, -0.05) is 17.3 Å². The summed E-state index contributed by atoms with van der Waals surface area (Å²) in [6, 6.07) is 9.59. The van der Waals surface area contributed by atoms with E-state index in [-0.39, 0.29) is 6.10 Å². The highest BCUT2D eigenvalue weighted by Gasteiger charge is 2.12. The smallest absolute Gasteiger partial charge is 0.177 e. The van der Waals surface area contributed by atoms with E-state index in [1.165, 1.54) is 0 Å². The number of aromatic nitrogens is 1. The summed E-state index contributed by atoms with van der Waals surface area (Å²) in [5.41, 5.74) is 7.47. The zero-order valence-electron chi connectivity index (χ0n) is 10.0. The second-order valence-corrected chi connectivity index (χ2v) is 3.98. The Labute approximate surface area is 100 Å². The SMILES string of the molecule is Cc1cc(C(C)Oc2ccc(CN)cc2)on1. The third kappa shape index (κ3) is 2.85. The topological polar surface area (TPSA) is 61.3 Å². The highest BCUT2D eigenvalue weighted by atomic mass is 16.5. The normalized spacial score (nSPS) is 12.4. The molecular weight excluding hydrogens is 216 g/mol. The molecule has 17 heavy (non-hydrogen) atoms. The molecule has 0 radical (unpaired) electrons. The minimum Gasteiger partial charge on any atom is -0.483 e. The molecule has 0 spiro atoms. The third-order valence-electron chi connectivity index (χ3n) is 2.52. The first-order valence-corrected chi connectivity index (χ1v) is 5.58. The number of nitrogens with zero attached hydrogens (tertiary/aromatic N) is 1. The van der Waals surface area contributed by atoms with Crippen LogP contribution < -0.4 is 10.5 Å². The van der Waals surface area contributed by atoms with Crippen molar-refractivity contribution in [2.75, 3.05) is 0 Å². The molecule has 0 amide bonds. The van der Waals surface area contributed by atoms with Crippen LogP contribution in [0.3, 0.4) is 0 Å². The fourth-order valence-electron chi connectivity index (χ4n) is 1.54. The van der Waals surface area contributed by atoms with E-state index in [1.54, 1.807) is 0 Å². The van der Waals surface area contributed by atoms with Crippen LogP contribution in [0.1, 0.15) is 30.0 Å². The van der Waals surface area contributed by atoms with Crippen molar-refractivity contribution in [3.05, 3.63) is 47.3 Å². The molecule has 0 bridgehead atoms. The van der Waals surface area contributed by atoms with E-state index < -0.39 is 0 Å². The van der Waals surface area contributed by atoms with Gasteiger partial charge in [-0.3, -0.25) is 0 Å². The summed E-state index contributed by atoms with van der Waals surface area (Å²) in [6.45, 7) is 4.35. The highest BCUT2D eigenvalue weighted by molar-refractivity contribution is 5.27. The Bertz CT molecular complexity index is 476. The van der Waals surface area contributed by atoms with E-state index >= 15 is 0 Å². The van der Waals surface area contributed by atoms with Gasteiger partial charge in [-0.25, -0.2) is 0 Å². The Morgan fingerprint density at radius 3 is 2.59 bits per heavy atom. The van der Waals surface area contributed by atoms with Crippen molar-refractivity contribution in [2.45, 2.75) is 26.5 Å². The molecule has 2 rings (SSSR count). The zero-order chi connectivity index (χ0) is 12.3. The lowest BCUT2D eigenvalue weighted by molar-refractivity contribution is 0.182. The van der Waals surface area contributed by atoms with Gasteiger partial charge in [-0.15, -0.1) is 0 Å². The van der Waals surface area contributed by atoms with Gasteiger partial charge in [0.25, 0.3) is 0 Å². The van der Waals surface area contributed by atoms with Crippen LogP contribution in [0.5, 0.6) is 5.75 Å². The maximum atomic E-state index is 5.74. The molecule has 2 aromatic rings. The van der Waals surface area contributed by atoms with Crippen molar-refractivity contribution in [3.63, 3.8) is 0 Å². The van der Waals surface area contributed by atoms with Crippen LogP contribution in [0, 0.1) is 6.92 Å². The minimum atomic E-state index is -0.153. The molecule has 1 unspecified atom stereocenters. The third-order valence-corrected chi connectivity index (χ3v) is 2.52. The predicted molar refractivity (Wildman–Crippen MR) is 64.6 cm³/mol. The lowest BCUT2D eigenvalue weighted by atomic mass is 10.2. The number of hydrogen-bond donors (Lipinski definition) is 1. The average Bonchev–Trinajstić information content (AvgIpc) is 2.77. The Morgan fingerprint density at radius 2 is 2.06 bits per heavy atom. The van der Waals surface area contributed by atoms with E-state index in [4.69, 9.17) is 15.0 Å². The summed E-state index contributed by atoms with van der Waals surface area (Å²) in [5.74, 6) is 1.52. The Morgan fingerprint density at radius 1 is 1.35 bits per heavy atom. The summed E-state index contributed by atoms with van der Waals surface area (Å²) in [7, 11) is 0. The van der Waals surface area contributed by atoms with Crippen LogP contribution in [0.2, 0.25) is 0 Å². The van der Waals surface area contributed by atoms with Gasteiger partial charge >= 0.3 is 0 Å². The molecule has 1 aromatic heterocycles. The van der Waals surface area contributed by atoms with E-state index in [0.717, 1.165) is 22.8 Å². The molecule has 0 fully saturated rings. The van der Waals surface area contributed by atoms with Gasteiger partial charge in [0.2, 0.25) is 0 Å². The second-order valence-electron chi connectivity index (χ2n) is 3.98. The molecule has 1 aromatic carbocycles. The standard InChI is InChI=1S/C13H16N2O2/c1-9-7-13(17-15-9)10(2)16-12-5-3-11(8-14)4-6-12/h3-7,10H,8,14H2,1-2H3. The number of benzene rings is 1. The van der Waals surface area contributed by atoms with Crippen molar-refractivity contribution in [1.82, 2.24) is 5.16 Å². The zero-order valence-corrected chi connectivity index (χ0v) is 10.0. The largest absolute Gasteiger partial charge is 0.483 e. The highest BCUT2D eigenvalue weighted by Crippen LogP contribution is 2.22. The van der Waals surface area contributed by atoms with Crippen LogP contribution in [-0.2, 0) is 6.54 Å². The molecule has 90 valence electrons. The first-order valence-electron chi connectivity index (χ1n) is 5.58. The average molecular weight is 232 g/mol. The Hall–Kier alpha value is -1.81. The number of hydrogen-bond acceptors (Lipinski definition) is 4. The summed E-state index contributed by atoms with van der Waals surface area (Å²) < 4.78 is 10.9. The molecule has 0 aliphatic rings. The van der Waals surface area contributed by atoms with E-state index in [1.807, 2.05) is 44.2 Å². The molecular formula is C13H16N2O2. The van der Waals surface area contributed by atoms with Gasteiger partial charge in [-0.2, -0.15) is 0 Å². The van der Waals surface area contributed by atoms with Gasteiger partial charge in [0.1, 0.15) is 5.75 Å². The van der Waals surface area contributed by atoms with E-state index in [9.17, 15) is 0 Å². The van der Waals surface area contributed by atoms with Gasteiger partial charge in [-0.05, 0) is 31.5 Å². The van der Waals surface area contributed by atoms with Gasteiger partial charge in [0, 0.05) is 12.6 Å². The number of nitrogens with two attached hydrogens (primary N) is 1. The molecule has 0 saturated heterocycles. The van der Waals surface area contributed by atoms with Crippen molar-refractivity contribution < 1.29 is 9.26 Å². The fourth-order valence-corrected chi connectivity index (χ4v) is 1.54. The Kier molecular flexibility index (Phi) is 3.44. The number of aryl methyl sites for hydroxylation is 1. The van der Waals surface area contributed by atoms with Gasteiger partial charge < -0.3 is 15.0 Å². The lowest BCUT2D eigenvalue weighted by Gasteiger charge is -2.11. The molecule has 0 aliphatic carbocycles. The molecule has 1 atom stereocenters. The molecule has 4 heteroatoms. The van der Waals surface area contributed by atoms with Gasteiger partial charge in [0.05, 0.1) is 5.69 Å². The number of rotatable bonds is 4. The minimum absolute atomic E-state index is 0.153. The van der Waals surface area contributed by atoms with E-state index in [2.05, 4.69) is 5.16 Å². The van der Waals surface area contributed by atoms with Crippen molar-refractivity contribution in [3.8, 4) is 5.75 Å². The van der Waals surface area contributed by atoms with Crippen LogP contribution in [0.25, 0.3) is 0 Å². The lowest BCUT2D eigenvalue weighted by Crippen LogP contribution is -2.02.